The maximum absolute atomic E-state index is 11.8. The van der Waals surface area contributed by atoms with Crippen LogP contribution in [-0.4, -0.2) is 17.6 Å². The third kappa shape index (κ3) is 3.48. The van der Waals surface area contributed by atoms with Crippen LogP contribution in [-0.2, 0) is 5.41 Å². The number of phenolic OH excluding ortho intramolecular Hbond substituents is 1. The van der Waals surface area contributed by atoms with Gasteiger partial charge >= 0.3 is 0 Å². The summed E-state index contributed by atoms with van der Waals surface area (Å²) in [6, 6.07) is 5.20. The van der Waals surface area contributed by atoms with Gasteiger partial charge in [0.1, 0.15) is 5.75 Å². The van der Waals surface area contributed by atoms with Crippen LogP contribution < -0.4 is 5.32 Å². The SMILES string of the molecule is CCCNC(=O)c1cc(C(C)(C)C)ccc1O. The monoisotopic (exact) mass is 235 g/mol. The number of rotatable bonds is 3. The van der Waals surface area contributed by atoms with E-state index >= 15 is 0 Å². The molecule has 0 aromatic heterocycles. The third-order valence-electron chi connectivity index (χ3n) is 2.64. The molecule has 17 heavy (non-hydrogen) atoms. The van der Waals surface area contributed by atoms with Crippen molar-refractivity contribution in [3.63, 3.8) is 0 Å². The first-order valence-electron chi connectivity index (χ1n) is 5.98. The molecular formula is C14H21NO2. The van der Waals surface area contributed by atoms with E-state index in [2.05, 4.69) is 26.1 Å². The summed E-state index contributed by atoms with van der Waals surface area (Å²) in [5.41, 5.74) is 1.36. The number of nitrogens with one attached hydrogen (secondary N) is 1. The van der Waals surface area contributed by atoms with Crippen LogP contribution in [0.3, 0.4) is 0 Å². The van der Waals surface area contributed by atoms with Crippen molar-refractivity contribution in [2.45, 2.75) is 39.5 Å². The Kier molecular flexibility index (Phi) is 4.16. The standard InChI is InChI=1S/C14H21NO2/c1-5-8-15-13(17)11-9-10(14(2,3)4)6-7-12(11)16/h6-7,9,16H,5,8H2,1-4H3,(H,15,17). The summed E-state index contributed by atoms with van der Waals surface area (Å²) >= 11 is 0. The van der Waals surface area contributed by atoms with Crippen molar-refractivity contribution in [3.8, 4) is 5.75 Å². The fraction of sp³-hybridized carbons (Fsp3) is 0.500. The maximum Gasteiger partial charge on any atom is 0.255 e. The number of benzene rings is 1. The highest BCUT2D eigenvalue weighted by atomic mass is 16.3. The van der Waals surface area contributed by atoms with Gasteiger partial charge < -0.3 is 10.4 Å². The Morgan fingerprint density at radius 3 is 2.53 bits per heavy atom. The number of carbonyl (C=O) groups excluding carboxylic acids is 1. The Hall–Kier alpha value is -1.51. The van der Waals surface area contributed by atoms with Crippen LogP contribution in [0.1, 0.15) is 50.0 Å². The van der Waals surface area contributed by atoms with E-state index in [4.69, 9.17) is 0 Å². The lowest BCUT2D eigenvalue weighted by atomic mass is 9.86. The Bertz CT molecular complexity index is 405. The summed E-state index contributed by atoms with van der Waals surface area (Å²) in [5, 5.41) is 12.5. The normalized spacial score (nSPS) is 11.3. The molecule has 0 saturated heterocycles. The molecule has 0 saturated carbocycles. The minimum Gasteiger partial charge on any atom is -0.507 e. The minimum absolute atomic E-state index is 0.0339. The van der Waals surface area contributed by atoms with Crippen LogP contribution in [0.5, 0.6) is 5.75 Å². The van der Waals surface area contributed by atoms with Crippen molar-refractivity contribution in [2.75, 3.05) is 6.54 Å². The van der Waals surface area contributed by atoms with Crippen molar-refractivity contribution in [1.29, 1.82) is 0 Å². The van der Waals surface area contributed by atoms with Crippen LogP contribution in [0, 0.1) is 0 Å². The number of aromatic hydroxyl groups is 1. The molecule has 0 spiro atoms. The molecule has 0 unspecified atom stereocenters. The quantitative estimate of drug-likeness (QED) is 0.846. The lowest BCUT2D eigenvalue weighted by molar-refractivity contribution is 0.0951. The van der Waals surface area contributed by atoms with Gasteiger partial charge in [0, 0.05) is 6.54 Å². The first-order valence-corrected chi connectivity index (χ1v) is 5.98. The van der Waals surface area contributed by atoms with Crippen molar-refractivity contribution >= 4 is 5.91 Å². The summed E-state index contributed by atoms with van der Waals surface area (Å²) in [4.78, 5) is 11.8. The average molecular weight is 235 g/mol. The Morgan fingerprint density at radius 2 is 2.00 bits per heavy atom. The van der Waals surface area contributed by atoms with Gasteiger partial charge in [-0.1, -0.05) is 33.8 Å². The fourth-order valence-corrected chi connectivity index (χ4v) is 1.52. The topological polar surface area (TPSA) is 49.3 Å². The van der Waals surface area contributed by atoms with Gasteiger partial charge in [0.25, 0.3) is 5.91 Å². The number of phenols is 1. The van der Waals surface area contributed by atoms with Gasteiger partial charge in [-0.15, -0.1) is 0 Å². The van der Waals surface area contributed by atoms with Gasteiger partial charge in [-0.25, -0.2) is 0 Å². The van der Waals surface area contributed by atoms with Crippen molar-refractivity contribution in [3.05, 3.63) is 29.3 Å². The lowest BCUT2D eigenvalue weighted by Crippen LogP contribution is -2.24. The fourth-order valence-electron chi connectivity index (χ4n) is 1.52. The van der Waals surface area contributed by atoms with Crippen molar-refractivity contribution in [1.82, 2.24) is 5.32 Å². The molecule has 1 aromatic rings. The van der Waals surface area contributed by atoms with Crippen LogP contribution >= 0.6 is 0 Å². The molecule has 0 aliphatic carbocycles. The summed E-state index contributed by atoms with van der Waals surface area (Å²) in [5.74, 6) is -0.179. The summed E-state index contributed by atoms with van der Waals surface area (Å²) in [6.45, 7) is 8.84. The molecule has 0 radical (unpaired) electrons. The maximum atomic E-state index is 11.8. The first-order chi connectivity index (χ1) is 7.86. The molecule has 0 aliphatic rings. The number of hydrogen-bond donors (Lipinski definition) is 2. The van der Waals surface area contributed by atoms with Crippen LogP contribution in [0.25, 0.3) is 0 Å². The highest BCUT2D eigenvalue weighted by molar-refractivity contribution is 5.97. The second-order valence-electron chi connectivity index (χ2n) is 5.24. The molecule has 3 nitrogen and oxygen atoms in total. The van der Waals surface area contributed by atoms with Crippen LogP contribution in [0.2, 0.25) is 0 Å². The molecule has 1 rings (SSSR count). The zero-order valence-electron chi connectivity index (χ0n) is 11.0. The average Bonchev–Trinajstić information content (AvgIpc) is 2.24. The van der Waals surface area contributed by atoms with E-state index < -0.39 is 0 Å². The molecule has 0 heterocycles. The summed E-state index contributed by atoms with van der Waals surface area (Å²) in [6.07, 6.45) is 0.880. The Balaban J connectivity index is 3.02. The molecule has 0 bridgehead atoms. The molecule has 1 amide bonds. The third-order valence-corrected chi connectivity index (χ3v) is 2.64. The van der Waals surface area contributed by atoms with E-state index in [1.165, 1.54) is 0 Å². The molecule has 94 valence electrons. The predicted molar refractivity (Wildman–Crippen MR) is 69.4 cm³/mol. The minimum atomic E-state index is -0.213. The predicted octanol–water partition coefficient (Wildman–Crippen LogP) is 2.83. The van der Waals surface area contributed by atoms with E-state index in [-0.39, 0.29) is 17.1 Å². The van der Waals surface area contributed by atoms with Gasteiger partial charge in [0.15, 0.2) is 0 Å². The van der Waals surface area contributed by atoms with E-state index in [0.717, 1.165) is 12.0 Å². The van der Waals surface area contributed by atoms with Crippen molar-refractivity contribution < 1.29 is 9.90 Å². The summed E-state index contributed by atoms with van der Waals surface area (Å²) in [7, 11) is 0. The molecule has 2 N–H and O–H groups in total. The van der Waals surface area contributed by atoms with Gasteiger partial charge in [-0.2, -0.15) is 0 Å². The highest BCUT2D eigenvalue weighted by Crippen LogP contribution is 2.27. The largest absolute Gasteiger partial charge is 0.507 e. The number of hydrogen-bond acceptors (Lipinski definition) is 2. The smallest absolute Gasteiger partial charge is 0.255 e. The number of amides is 1. The summed E-state index contributed by atoms with van der Waals surface area (Å²) < 4.78 is 0. The highest BCUT2D eigenvalue weighted by Gasteiger charge is 2.18. The Labute approximate surface area is 103 Å². The van der Waals surface area contributed by atoms with E-state index in [1.807, 2.05) is 13.0 Å². The second kappa shape index (κ2) is 5.21. The molecule has 3 heteroatoms. The van der Waals surface area contributed by atoms with E-state index in [0.29, 0.717) is 12.1 Å². The van der Waals surface area contributed by atoms with Gasteiger partial charge in [-0.3, -0.25) is 4.79 Å². The molecule has 0 aliphatic heterocycles. The molecular weight excluding hydrogens is 214 g/mol. The molecule has 0 fully saturated rings. The first kappa shape index (κ1) is 13.6. The number of carbonyl (C=O) groups is 1. The van der Waals surface area contributed by atoms with E-state index in [1.54, 1.807) is 12.1 Å². The van der Waals surface area contributed by atoms with Crippen LogP contribution in [0.15, 0.2) is 18.2 Å². The Morgan fingerprint density at radius 1 is 1.35 bits per heavy atom. The van der Waals surface area contributed by atoms with Crippen LogP contribution in [0.4, 0.5) is 0 Å². The van der Waals surface area contributed by atoms with Gasteiger partial charge in [0.2, 0.25) is 0 Å². The van der Waals surface area contributed by atoms with E-state index in [9.17, 15) is 9.90 Å². The zero-order chi connectivity index (χ0) is 13.1. The molecule has 1 aromatic carbocycles. The molecule has 0 atom stereocenters. The zero-order valence-corrected chi connectivity index (χ0v) is 11.0. The van der Waals surface area contributed by atoms with Crippen molar-refractivity contribution in [2.24, 2.45) is 0 Å². The van der Waals surface area contributed by atoms with Gasteiger partial charge in [-0.05, 0) is 29.5 Å². The lowest BCUT2D eigenvalue weighted by Gasteiger charge is -2.20. The van der Waals surface area contributed by atoms with Gasteiger partial charge in [0.05, 0.1) is 5.56 Å². The second-order valence-corrected chi connectivity index (χ2v) is 5.24.